The van der Waals surface area contributed by atoms with Crippen molar-refractivity contribution < 1.29 is 8.76 Å². The van der Waals surface area contributed by atoms with Crippen LogP contribution in [0.25, 0.3) is 0 Å². The quantitative estimate of drug-likeness (QED) is 0.297. The fourth-order valence-corrected chi connectivity index (χ4v) is 4.17. The molecule has 1 aromatic carbocycles. The largest absolute Gasteiger partial charge is 0.302 e. The molecule has 26 heavy (non-hydrogen) atoms. The number of hydrogen-bond acceptors (Lipinski definition) is 2. The van der Waals surface area contributed by atoms with Gasteiger partial charge in [0.05, 0.1) is 4.90 Å². The zero-order chi connectivity index (χ0) is 19.1. The standard InChI is InChI=1S/C22H38O2S2/c1-2-3-4-5-6-7-8-9-10-11-12-13-14-15-16-21-17-19-22(20-18-21)26(23,24)25/h17-20H,2-16H2,1H3,(H,23,24,25). The molecular formula is C22H38O2S2. The Balaban J connectivity index is 1.90. The molecule has 0 spiro atoms. The Bertz CT molecular complexity index is 550. The summed E-state index contributed by atoms with van der Waals surface area (Å²) in [5.41, 5.74) is 1.23. The van der Waals surface area contributed by atoms with Gasteiger partial charge in [-0.1, -0.05) is 103 Å². The van der Waals surface area contributed by atoms with Gasteiger partial charge in [-0.15, -0.1) is 0 Å². The van der Waals surface area contributed by atoms with E-state index < -0.39 is 8.77 Å². The smallest absolute Gasteiger partial charge is 0.171 e. The van der Waals surface area contributed by atoms with Crippen molar-refractivity contribution in [3.63, 3.8) is 0 Å². The summed E-state index contributed by atoms with van der Waals surface area (Å²) in [6.45, 7) is 2.27. The number of rotatable bonds is 16. The predicted octanol–water partition coefficient (Wildman–Crippen LogP) is 7.29. The first-order chi connectivity index (χ1) is 12.5. The normalized spacial score (nSPS) is 13.6. The van der Waals surface area contributed by atoms with Crippen molar-refractivity contribution in [2.24, 2.45) is 0 Å². The van der Waals surface area contributed by atoms with E-state index >= 15 is 0 Å². The molecule has 0 aliphatic heterocycles. The molecule has 150 valence electrons. The van der Waals surface area contributed by atoms with E-state index in [2.05, 4.69) is 18.1 Å². The van der Waals surface area contributed by atoms with Gasteiger partial charge in [0.15, 0.2) is 8.77 Å². The average Bonchev–Trinajstić information content (AvgIpc) is 2.61. The molecule has 0 aromatic heterocycles. The van der Waals surface area contributed by atoms with Crippen LogP contribution in [0.3, 0.4) is 0 Å². The first kappa shape index (κ1) is 23.6. The Morgan fingerprint density at radius 3 is 1.50 bits per heavy atom. The molecule has 2 nitrogen and oxygen atoms in total. The van der Waals surface area contributed by atoms with Crippen molar-refractivity contribution in [3.8, 4) is 0 Å². The van der Waals surface area contributed by atoms with Gasteiger partial charge in [0, 0.05) is 11.2 Å². The minimum Gasteiger partial charge on any atom is -0.302 e. The van der Waals surface area contributed by atoms with Crippen molar-refractivity contribution in [2.45, 2.75) is 108 Å². The molecule has 1 unspecified atom stereocenters. The van der Waals surface area contributed by atoms with Crippen LogP contribution in [-0.2, 0) is 26.4 Å². The Morgan fingerprint density at radius 2 is 1.12 bits per heavy atom. The molecule has 0 amide bonds. The van der Waals surface area contributed by atoms with E-state index in [0.717, 1.165) is 6.42 Å². The van der Waals surface area contributed by atoms with E-state index in [1.54, 1.807) is 12.1 Å². The van der Waals surface area contributed by atoms with Crippen LogP contribution >= 0.6 is 0 Å². The van der Waals surface area contributed by atoms with Crippen LogP contribution in [0.5, 0.6) is 0 Å². The lowest BCUT2D eigenvalue weighted by Gasteiger charge is -2.05. The minimum absolute atomic E-state index is 0.345. The van der Waals surface area contributed by atoms with E-state index in [0.29, 0.717) is 4.90 Å². The summed E-state index contributed by atoms with van der Waals surface area (Å²) in [5, 5.41) is 0. The molecule has 4 heteroatoms. The lowest BCUT2D eigenvalue weighted by molar-refractivity contribution is 0.535. The second-order valence-electron chi connectivity index (χ2n) is 7.47. The van der Waals surface area contributed by atoms with Crippen LogP contribution in [0.1, 0.15) is 102 Å². The van der Waals surface area contributed by atoms with Gasteiger partial charge in [-0.3, -0.25) is 0 Å². The van der Waals surface area contributed by atoms with Gasteiger partial charge in [0.2, 0.25) is 0 Å². The molecule has 0 aliphatic carbocycles. The SMILES string of the molecule is CCCCCCCCCCCCCCCCc1ccc(S(=O)(O)=S)cc1. The summed E-state index contributed by atoms with van der Waals surface area (Å²) in [6.07, 6.45) is 20.3. The third kappa shape index (κ3) is 12.0. The third-order valence-corrected chi connectivity index (χ3v) is 6.49. The lowest BCUT2D eigenvalue weighted by atomic mass is 10.0. The number of unbranched alkanes of at least 4 members (excludes halogenated alkanes) is 13. The summed E-state index contributed by atoms with van der Waals surface area (Å²) in [5.74, 6) is 0. The van der Waals surface area contributed by atoms with Crippen LogP contribution < -0.4 is 0 Å². The van der Waals surface area contributed by atoms with Gasteiger partial charge < -0.3 is 4.55 Å². The summed E-state index contributed by atoms with van der Waals surface area (Å²) >= 11 is 4.58. The van der Waals surface area contributed by atoms with Crippen LogP contribution in [0, 0.1) is 0 Å². The Morgan fingerprint density at radius 1 is 0.731 bits per heavy atom. The minimum atomic E-state index is -3.24. The Kier molecular flexibility index (Phi) is 13.2. The average molecular weight is 399 g/mol. The van der Waals surface area contributed by atoms with Crippen molar-refractivity contribution in [1.82, 2.24) is 0 Å². The molecule has 1 aromatic rings. The molecule has 0 heterocycles. The molecule has 1 atom stereocenters. The highest BCUT2D eigenvalue weighted by Gasteiger charge is 2.04. The fraction of sp³-hybridized carbons (Fsp3) is 0.727. The molecule has 0 bridgehead atoms. The van der Waals surface area contributed by atoms with Crippen molar-refractivity contribution >= 4 is 20.0 Å². The van der Waals surface area contributed by atoms with Gasteiger partial charge in [-0.25, -0.2) is 4.21 Å². The maximum absolute atomic E-state index is 11.4. The second kappa shape index (κ2) is 14.6. The van der Waals surface area contributed by atoms with Crippen molar-refractivity contribution in [1.29, 1.82) is 0 Å². The lowest BCUT2D eigenvalue weighted by Crippen LogP contribution is -1.96. The van der Waals surface area contributed by atoms with Gasteiger partial charge in [0.1, 0.15) is 0 Å². The highest BCUT2D eigenvalue weighted by Crippen LogP contribution is 2.15. The second-order valence-corrected chi connectivity index (χ2v) is 10.2. The molecule has 0 radical (unpaired) electrons. The number of hydrogen-bond donors (Lipinski definition) is 1. The fourth-order valence-electron chi connectivity index (χ4n) is 3.35. The Hall–Kier alpha value is -0.450. The molecule has 0 aliphatic rings. The van der Waals surface area contributed by atoms with Crippen LogP contribution in [0.2, 0.25) is 0 Å². The van der Waals surface area contributed by atoms with E-state index in [1.165, 1.54) is 95.5 Å². The highest BCUT2D eigenvalue weighted by molar-refractivity contribution is 8.29. The summed E-state index contributed by atoms with van der Waals surface area (Å²) < 4.78 is 20.7. The summed E-state index contributed by atoms with van der Waals surface area (Å²) in [4.78, 5) is 0.345. The maximum Gasteiger partial charge on any atom is 0.171 e. The molecule has 0 saturated carbocycles. The van der Waals surface area contributed by atoms with E-state index in [1.807, 2.05) is 12.1 Å². The summed E-state index contributed by atoms with van der Waals surface area (Å²) in [7, 11) is -3.24. The number of benzene rings is 1. The van der Waals surface area contributed by atoms with Gasteiger partial charge in [-0.05, 0) is 30.5 Å². The third-order valence-electron chi connectivity index (χ3n) is 5.04. The molecular weight excluding hydrogens is 360 g/mol. The van der Waals surface area contributed by atoms with Gasteiger partial charge >= 0.3 is 0 Å². The Labute approximate surface area is 166 Å². The van der Waals surface area contributed by atoms with Crippen molar-refractivity contribution in [2.75, 3.05) is 0 Å². The van der Waals surface area contributed by atoms with Crippen LogP contribution in [0.15, 0.2) is 29.2 Å². The van der Waals surface area contributed by atoms with E-state index in [-0.39, 0.29) is 0 Å². The van der Waals surface area contributed by atoms with E-state index in [4.69, 9.17) is 0 Å². The van der Waals surface area contributed by atoms with Crippen molar-refractivity contribution in [3.05, 3.63) is 29.8 Å². The topological polar surface area (TPSA) is 37.3 Å². The maximum atomic E-state index is 11.4. The monoisotopic (exact) mass is 398 g/mol. The molecule has 0 saturated heterocycles. The molecule has 0 fully saturated rings. The first-order valence-corrected chi connectivity index (χ1v) is 13.0. The molecule has 1 N–H and O–H groups in total. The molecule has 1 rings (SSSR count). The van der Waals surface area contributed by atoms with E-state index in [9.17, 15) is 8.76 Å². The number of aryl methyl sites for hydroxylation is 1. The van der Waals surface area contributed by atoms with Crippen LogP contribution in [0.4, 0.5) is 0 Å². The van der Waals surface area contributed by atoms with Gasteiger partial charge in [0.25, 0.3) is 0 Å². The predicted molar refractivity (Wildman–Crippen MR) is 117 cm³/mol. The van der Waals surface area contributed by atoms with Gasteiger partial charge in [-0.2, -0.15) is 0 Å². The first-order valence-electron chi connectivity index (χ1n) is 10.6. The highest BCUT2D eigenvalue weighted by atomic mass is 32.8. The zero-order valence-corrected chi connectivity index (χ0v) is 18.2. The zero-order valence-electron chi connectivity index (χ0n) is 16.6. The van der Waals surface area contributed by atoms with Crippen LogP contribution in [-0.4, -0.2) is 8.76 Å². The summed E-state index contributed by atoms with van der Waals surface area (Å²) in [6, 6.07) is 7.24.